The summed E-state index contributed by atoms with van der Waals surface area (Å²) in [5.41, 5.74) is 2.87. The first kappa shape index (κ1) is 11.6. The van der Waals surface area contributed by atoms with Gasteiger partial charge in [0, 0.05) is 17.3 Å². The fourth-order valence-corrected chi connectivity index (χ4v) is 2.43. The van der Waals surface area contributed by atoms with Crippen LogP contribution in [0.25, 0.3) is 11.1 Å². The van der Waals surface area contributed by atoms with Crippen LogP contribution in [0, 0.1) is 0 Å². The second-order valence-electron chi connectivity index (χ2n) is 4.32. The van der Waals surface area contributed by atoms with Gasteiger partial charge >= 0.3 is 6.09 Å². The van der Waals surface area contributed by atoms with Crippen molar-refractivity contribution in [3.05, 3.63) is 35.4 Å². The van der Waals surface area contributed by atoms with Crippen LogP contribution >= 0.6 is 0 Å². The number of Topliss-reactive ketones (excluding diaryl/α,β-unsaturated/α-hetero) is 1. The normalized spacial score (nSPS) is 13.0. The maximum atomic E-state index is 12.1. The molecule has 0 saturated heterocycles. The van der Waals surface area contributed by atoms with Gasteiger partial charge in [-0.15, -0.1) is 0 Å². The summed E-state index contributed by atoms with van der Waals surface area (Å²) in [6.45, 7) is 1.88. The van der Waals surface area contributed by atoms with E-state index in [1.165, 1.54) is 0 Å². The molecule has 0 atom stereocenters. The number of fused-ring (bicyclic) bond motifs is 3. The lowest BCUT2D eigenvalue weighted by molar-refractivity contribution is 0.0978. The Balaban J connectivity index is 2.37. The Hall–Kier alpha value is -2.50. The number of carbonyl (C=O) groups is 2. The molecule has 6 heteroatoms. The molecule has 0 amide bonds. The van der Waals surface area contributed by atoms with E-state index in [-0.39, 0.29) is 17.9 Å². The summed E-state index contributed by atoms with van der Waals surface area (Å²) in [5, 5.41) is 13.2. The number of aromatic nitrogens is 3. The van der Waals surface area contributed by atoms with E-state index in [1.54, 1.807) is 12.3 Å². The zero-order valence-electron chi connectivity index (χ0n) is 10.3. The minimum absolute atomic E-state index is 0.116. The first-order valence-electron chi connectivity index (χ1n) is 5.96. The summed E-state index contributed by atoms with van der Waals surface area (Å²) < 4.78 is 0.784. The van der Waals surface area contributed by atoms with Gasteiger partial charge in [-0.05, 0) is 12.5 Å². The minimum Gasteiger partial charge on any atom is -0.463 e. The molecule has 19 heavy (non-hydrogen) atoms. The number of pyridine rings is 1. The average molecular weight is 257 g/mol. The molecular weight excluding hydrogens is 246 g/mol. The SMILES string of the molecule is CCc1nn(C(=O)O)c2c1-c1cccnc1CC2=O. The third-order valence-corrected chi connectivity index (χ3v) is 3.23. The summed E-state index contributed by atoms with van der Waals surface area (Å²) in [7, 11) is 0. The predicted octanol–water partition coefficient (Wildman–Crippen LogP) is 1.77. The number of hydrogen-bond acceptors (Lipinski definition) is 4. The monoisotopic (exact) mass is 257 g/mol. The van der Waals surface area contributed by atoms with Crippen LogP contribution in [-0.4, -0.2) is 31.7 Å². The topological polar surface area (TPSA) is 85.1 Å². The van der Waals surface area contributed by atoms with Crippen molar-refractivity contribution in [2.24, 2.45) is 0 Å². The standard InChI is InChI=1S/C13H11N3O3/c1-2-8-11-7-4-3-5-14-9(7)6-10(17)12(11)16(15-8)13(18)19/h3-5H,2,6H2,1H3,(H,18,19). The summed E-state index contributed by atoms with van der Waals surface area (Å²) in [6.07, 6.45) is 1.07. The Bertz CT molecular complexity index is 703. The highest BCUT2D eigenvalue weighted by molar-refractivity contribution is 6.07. The molecule has 0 unspecified atom stereocenters. The summed E-state index contributed by atoms with van der Waals surface area (Å²) in [5.74, 6) is -0.254. The quantitative estimate of drug-likeness (QED) is 0.841. The van der Waals surface area contributed by atoms with Crippen LogP contribution in [0.1, 0.15) is 28.8 Å². The van der Waals surface area contributed by atoms with Crippen molar-refractivity contribution in [3.8, 4) is 11.1 Å². The second kappa shape index (κ2) is 4.01. The van der Waals surface area contributed by atoms with Crippen molar-refractivity contribution in [2.45, 2.75) is 19.8 Å². The predicted molar refractivity (Wildman–Crippen MR) is 66.3 cm³/mol. The van der Waals surface area contributed by atoms with Gasteiger partial charge in [-0.1, -0.05) is 13.0 Å². The molecular formula is C13H11N3O3. The maximum Gasteiger partial charge on any atom is 0.432 e. The van der Waals surface area contributed by atoms with E-state index >= 15 is 0 Å². The molecule has 0 fully saturated rings. The Kier molecular flexibility index (Phi) is 2.45. The van der Waals surface area contributed by atoms with E-state index in [4.69, 9.17) is 5.11 Å². The number of nitrogens with zero attached hydrogens (tertiary/aromatic N) is 3. The van der Waals surface area contributed by atoms with Gasteiger partial charge in [-0.25, -0.2) is 4.79 Å². The zero-order valence-corrected chi connectivity index (χ0v) is 10.3. The molecule has 0 aromatic carbocycles. The van der Waals surface area contributed by atoms with Crippen LogP contribution < -0.4 is 0 Å². The molecule has 3 rings (SSSR count). The smallest absolute Gasteiger partial charge is 0.432 e. The van der Waals surface area contributed by atoms with Crippen LogP contribution in [-0.2, 0) is 12.8 Å². The third-order valence-electron chi connectivity index (χ3n) is 3.23. The van der Waals surface area contributed by atoms with Crippen LogP contribution in [0.3, 0.4) is 0 Å². The van der Waals surface area contributed by atoms with Gasteiger partial charge in [0.25, 0.3) is 0 Å². The molecule has 6 nitrogen and oxygen atoms in total. The van der Waals surface area contributed by atoms with E-state index < -0.39 is 6.09 Å². The minimum atomic E-state index is -1.24. The number of ketones is 1. The molecule has 0 bridgehead atoms. The van der Waals surface area contributed by atoms with Gasteiger partial charge < -0.3 is 5.11 Å². The van der Waals surface area contributed by atoms with E-state index in [9.17, 15) is 9.59 Å². The van der Waals surface area contributed by atoms with E-state index in [0.29, 0.717) is 23.4 Å². The van der Waals surface area contributed by atoms with Gasteiger partial charge in [0.15, 0.2) is 5.78 Å². The first-order valence-corrected chi connectivity index (χ1v) is 5.96. The molecule has 0 aliphatic heterocycles. The largest absolute Gasteiger partial charge is 0.463 e. The van der Waals surface area contributed by atoms with Crippen LogP contribution in [0.5, 0.6) is 0 Å². The van der Waals surface area contributed by atoms with Gasteiger partial charge in [0.05, 0.1) is 17.8 Å². The van der Waals surface area contributed by atoms with Gasteiger partial charge in [-0.2, -0.15) is 9.78 Å². The van der Waals surface area contributed by atoms with Gasteiger partial charge in [0.1, 0.15) is 5.69 Å². The molecule has 0 saturated carbocycles. The summed E-state index contributed by atoms with van der Waals surface area (Å²) in [4.78, 5) is 27.5. The highest BCUT2D eigenvalue weighted by Crippen LogP contribution is 2.35. The van der Waals surface area contributed by atoms with E-state index in [1.807, 2.05) is 13.0 Å². The highest BCUT2D eigenvalue weighted by atomic mass is 16.4. The van der Waals surface area contributed by atoms with Crippen molar-refractivity contribution in [1.82, 2.24) is 14.8 Å². The lowest BCUT2D eigenvalue weighted by Gasteiger charge is -2.15. The average Bonchev–Trinajstić information content (AvgIpc) is 2.79. The Labute approximate surface area is 108 Å². The lowest BCUT2D eigenvalue weighted by Crippen LogP contribution is -2.21. The number of hydrogen-bond donors (Lipinski definition) is 1. The Morgan fingerprint density at radius 2 is 2.32 bits per heavy atom. The summed E-state index contributed by atoms with van der Waals surface area (Å²) in [6, 6.07) is 3.62. The van der Waals surface area contributed by atoms with Gasteiger partial charge in [0.2, 0.25) is 0 Å². The van der Waals surface area contributed by atoms with Crippen molar-refractivity contribution >= 4 is 11.9 Å². The lowest BCUT2D eigenvalue weighted by atomic mass is 9.90. The third kappa shape index (κ3) is 1.56. The molecule has 2 heterocycles. The first-order chi connectivity index (χ1) is 9.13. The van der Waals surface area contributed by atoms with Crippen molar-refractivity contribution in [1.29, 1.82) is 0 Å². The molecule has 0 spiro atoms. The Morgan fingerprint density at radius 1 is 1.53 bits per heavy atom. The van der Waals surface area contributed by atoms with Crippen molar-refractivity contribution in [3.63, 3.8) is 0 Å². The number of carbonyl (C=O) groups excluding carboxylic acids is 1. The fraction of sp³-hybridized carbons (Fsp3) is 0.231. The van der Waals surface area contributed by atoms with Crippen molar-refractivity contribution in [2.75, 3.05) is 0 Å². The number of rotatable bonds is 1. The second-order valence-corrected chi connectivity index (χ2v) is 4.32. The van der Waals surface area contributed by atoms with Crippen LogP contribution in [0.15, 0.2) is 18.3 Å². The molecule has 1 N–H and O–H groups in total. The molecule has 2 aromatic rings. The number of aryl methyl sites for hydroxylation is 1. The molecule has 1 aliphatic rings. The van der Waals surface area contributed by atoms with E-state index in [0.717, 1.165) is 10.2 Å². The zero-order chi connectivity index (χ0) is 13.6. The molecule has 2 aromatic heterocycles. The fourth-order valence-electron chi connectivity index (χ4n) is 2.43. The van der Waals surface area contributed by atoms with Gasteiger partial charge in [-0.3, -0.25) is 9.78 Å². The van der Waals surface area contributed by atoms with E-state index in [2.05, 4.69) is 10.1 Å². The molecule has 0 radical (unpaired) electrons. The Morgan fingerprint density at radius 3 is 3.00 bits per heavy atom. The molecule has 96 valence electrons. The highest BCUT2D eigenvalue weighted by Gasteiger charge is 2.32. The maximum absolute atomic E-state index is 12.1. The van der Waals surface area contributed by atoms with Crippen LogP contribution in [0.2, 0.25) is 0 Å². The number of carboxylic acid groups (broad SMARTS) is 1. The summed E-state index contributed by atoms with van der Waals surface area (Å²) >= 11 is 0. The molecule has 1 aliphatic carbocycles. The van der Waals surface area contributed by atoms with Crippen molar-refractivity contribution < 1.29 is 14.7 Å². The van der Waals surface area contributed by atoms with Crippen LogP contribution in [0.4, 0.5) is 4.79 Å².